The van der Waals surface area contributed by atoms with Crippen molar-refractivity contribution in [3.8, 4) is 5.88 Å². The predicted octanol–water partition coefficient (Wildman–Crippen LogP) is 2.39. The molecule has 0 aliphatic heterocycles. The Morgan fingerprint density at radius 2 is 2.18 bits per heavy atom. The van der Waals surface area contributed by atoms with Gasteiger partial charge in [0.2, 0.25) is 5.88 Å². The molecule has 0 aliphatic carbocycles. The quantitative estimate of drug-likeness (QED) is 0.868. The van der Waals surface area contributed by atoms with Gasteiger partial charge in [0, 0.05) is 5.39 Å². The lowest BCUT2D eigenvalue weighted by molar-refractivity contribution is 0.0692. The van der Waals surface area contributed by atoms with Gasteiger partial charge in [-0.15, -0.1) is 0 Å². The number of fused-ring (bicyclic) bond motifs is 1. The normalized spacial score (nSPS) is 10.5. The van der Waals surface area contributed by atoms with Crippen molar-refractivity contribution in [2.75, 3.05) is 7.11 Å². The Kier molecular flexibility index (Phi) is 2.67. The zero-order valence-corrected chi connectivity index (χ0v) is 9.32. The lowest BCUT2D eigenvalue weighted by Gasteiger charge is -2.07. The van der Waals surface area contributed by atoms with Crippen LogP contribution in [0.15, 0.2) is 18.2 Å². The van der Waals surface area contributed by atoms with E-state index in [0.29, 0.717) is 10.9 Å². The molecule has 4 nitrogen and oxygen atoms in total. The lowest BCUT2D eigenvalue weighted by Crippen LogP contribution is -2.03. The predicted molar refractivity (Wildman–Crippen MR) is 59.9 cm³/mol. The van der Waals surface area contributed by atoms with Gasteiger partial charge in [0.1, 0.15) is 11.1 Å². The molecular formula is C12H10FNO3. The molecule has 0 amide bonds. The van der Waals surface area contributed by atoms with Gasteiger partial charge in [-0.2, -0.15) is 0 Å². The molecule has 2 rings (SSSR count). The number of hydrogen-bond donors (Lipinski definition) is 1. The van der Waals surface area contributed by atoms with E-state index in [1.54, 1.807) is 19.1 Å². The fraction of sp³-hybridized carbons (Fsp3) is 0.167. The van der Waals surface area contributed by atoms with Gasteiger partial charge < -0.3 is 9.84 Å². The Bertz CT molecular complexity index is 610. The molecule has 0 aliphatic rings. The standard InChI is InChI=1S/C12H10FNO3/c1-6-3-4-7-5-8(12(15)16)11(17-2)14-10(7)9(6)13/h3-5H,1-2H3,(H,15,16). The average molecular weight is 235 g/mol. The van der Waals surface area contributed by atoms with Crippen LogP contribution in [0.1, 0.15) is 15.9 Å². The molecule has 88 valence electrons. The van der Waals surface area contributed by atoms with Crippen LogP contribution in [0, 0.1) is 12.7 Å². The van der Waals surface area contributed by atoms with Crippen LogP contribution in [0.2, 0.25) is 0 Å². The van der Waals surface area contributed by atoms with E-state index in [0.717, 1.165) is 0 Å². The van der Waals surface area contributed by atoms with Crippen molar-refractivity contribution in [3.05, 3.63) is 35.1 Å². The molecule has 0 unspecified atom stereocenters. The minimum absolute atomic E-state index is 0.0803. The number of hydrogen-bond acceptors (Lipinski definition) is 3. The summed E-state index contributed by atoms with van der Waals surface area (Å²) in [6.45, 7) is 1.62. The highest BCUT2D eigenvalue weighted by Crippen LogP contribution is 2.25. The summed E-state index contributed by atoms with van der Waals surface area (Å²) in [7, 11) is 1.30. The fourth-order valence-electron chi connectivity index (χ4n) is 1.60. The zero-order valence-electron chi connectivity index (χ0n) is 9.32. The third-order valence-corrected chi connectivity index (χ3v) is 2.51. The number of aromatic carboxylic acids is 1. The van der Waals surface area contributed by atoms with Gasteiger partial charge in [-0.25, -0.2) is 14.2 Å². The highest BCUT2D eigenvalue weighted by atomic mass is 19.1. The Morgan fingerprint density at radius 3 is 2.76 bits per heavy atom. The van der Waals surface area contributed by atoms with Crippen LogP contribution < -0.4 is 4.74 Å². The number of carboxylic acids is 1. The van der Waals surface area contributed by atoms with Crippen molar-refractivity contribution in [2.45, 2.75) is 6.92 Å². The van der Waals surface area contributed by atoms with Gasteiger partial charge in [-0.1, -0.05) is 12.1 Å². The number of pyridine rings is 1. The van der Waals surface area contributed by atoms with Crippen LogP contribution in [0.5, 0.6) is 5.88 Å². The Labute approximate surface area is 96.7 Å². The second-order valence-corrected chi connectivity index (χ2v) is 3.62. The Hall–Kier alpha value is -2.17. The molecule has 17 heavy (non-hydrogen) atoms. The van der Waals surface area contributed by atoms with Crippen LogP contribution >= 0.6 is 0 Å². The number of aromatic nitrogens is 1. The summed E-state index contributed by atoms with van der Waals surface area (Å²) in [4.78, 5) is 14.9. The second kappa shape index (κ2) is 4.01. The third kappa shape index (κ3) is 1.80. The fourth-order valence-corrected chi connectivity index (χ4v) is 1.60. The van der Waals surface area contributed by atoms with Crippen molar-refractivity contribution >= 4 is 16.9 Å². The molecule has 0 fully saturated rings. The molecule has 5 heteroatoms. The van der Waals surface area contributed by atoms with Gasteiger partial charge in [-0.3, -0.25) is 0 Å². The minimum Gasteiger partial charge on any atom is -0.480 e. The average Bonchev–Trinajstić information content (AvgIpc) is 2.32. The summed E-state index contributed by atoms with van der Waals surface area (Å²) in [5, 5.41) is 9.40. The summed E-state index contributed by atoms with van der Waals surface area (Å²) in [6, 6.07) is 4.57. The lowest BCUT2D eigenvalue weighted by atomic mass is 10.1. The largest absolute Gasteiger partial charge is 0.480 e. The van der Waals surface area contributed by atoms with E-state index in [9.17, 15) is 9.18 Å². The molecule has 0 saturated carbocycles. The molecule has 1 N–H and O–H groups in total. The molecule has 1 aromatic carbocycles. The molecule has 2 aromatic rings. The van der Waals surface area contributed by atoms with E-state index >= 15 is 0 Å². The van der Waals surface area contributed by atoms with Crippen molar-refractivity contribution in [1.82, 2.24) is 4.98 Å². The number of benzene rings is 1. The first-order valence-electron chi connectivity index (χ1n) is 4.91. The maximum absolute atomic E-state index is 13.8. The van der Waals surface area contributed by atoms with Gasteiger partial charge in [0.15, 0.2) is 5.82 Å². The van der Waals surface area contributed by atoms with Gasteiger partial charge in [0.25, 0.3) is 0 Å². The molecule has 0 bridgehead atoms. The number of ether oxygens (including phenoxy) is 1. The number of carboxylic acid groups (broad SMARTS) is 1. The number of nitrogens with zero attached hydrogens (tertiary/aromatic N) is 1. The summed E-state index contributed by atoms with van der Waals surface area (Å²) in [5.74, 6) is -1.70. The monoisotopic (exact) mass is 235 g/mol. The smallest absolute Gasteiger partial charge is 0.341 e. The third-order valence-electron chi connectivity index (χ3n) is 2.51. The van der Waals surface area contributed by atoms with Crippen LogP contribution in [-0.2, 0) is 0 Å². The minimum atomic E-state index is -1.16. The van der Waals surface area contributed by atoms with Gasteiger partial charge in [-0.05, 0) is 18.6 Å². The second-order valence-electron chi connectivity index (χ2n) is 3.62. The molecule has 0 radical (unpaired) electrons. The van der Waals surface area contributed by atoms with E-state index < -0.39 is 11.8 Å². The van der Waals surface area contributed by atoms with Gasteiger partial charge in [0.05, 0.1) is 7.11 Å². The number of aryl methyl sites for hydroxylation is 1. The summed E-state index contributed by atoms with van der Waals surface area (Å²) >= 11 is 0. The first-order chi connectivity index (χ1) is 8.04. The first-order valence-corrected chi connectivity index (χ1v) is 4.91. The number of methoxy groups -OCH3 is 1. The van der Waals surface area contributed by atoms with E-state index in [1.165, 1.54) is 13.2 Å². The molecule has 0 spiro atoms. The van der Waals surface area contributed by atoms with Crippen molar-refractivity contribution < 1.29 is 19.0 Å². The highest BCUT2D eigenvalue weighted by Gasteiger charge is 2.16. The highest BCUT2D eigenvalue weighted by molar-refractivity contribution is 5.95. The maximum atomic E-state index is 13.8. The van der Waals surface area contributed by atoms with Gasteiger partial charge >= 0.3 is 5.97 Å². The van der Waals surface area contributed by atoms with Crippen LogP contribution in [0.3, 0.4) is 0 Å². The van der Waals surface area contributed by atoms with Crippen molar-refractivity contribution in [1.29, 1.82) is 0 Å². The molecule has 0 saturated heterocycles. The van der Waals surface area contributed by atoms with E-state index in [1.807, 2.05) is 0 Å². The number of halogens is 1. The zero-order chi connectivity index (χ0) is 12.6. The number of rotatable bonds is 2. The Balaban J connectivity index is 2.83. The summed E-state index contributed by atoms with van der Waals surface area (Å²) in [5.41, 5.74) is 0.491. The van der Waals surface area contributed by atoms with Crippen LogP contribution in [0.4, 0.5) is 4.39 Å². The van der Waals surface area contributed by atoms with Crippen LogP contribution in [0.25, 0.3) is 10.9 Å². The van der Waals surface area contributed by atoms with E-state index in [2.05, 4.69) is 4.98 Å². The summed E-state index contributed by atoms with van der Waals surface area (Å²) in [6.07, 6.45) is 0. The first kappa shape index (κ1) is 11.3. The summed E-state index contributed by atoms with van der Waals surface area (Å²) < 4.78 is 18.6. The molecule has 1 aromatic heterocycles. The van der Waals surface area contributed by atoms with E-state index in [-0.39, 0.29) is 17.0 Å². The Morgan fingerprint density at radius 1 is 1.47 bits per heavy atom. The van der Waals surface area contributed by atoms with Crippen molar-refractivity contribution in [2.24, 2.45) is 0 Å². The molecule has 0 atom stereocenters. The maximum Gasteiger partial charge on any atom is 0.341 e. The molecular weight excluding hydrogens is 225 g/mol. The molecule has 1 heterocycles. The van der Waals surface area contributed by atoms with Crippen LogP contribution in [-0.4, -0.2) is 23.2 Å². The number of carbonyl (C=O) groups is 1. The SMILES string of the molecule is COc1nc2c(F)c(C)ccc2cc1C(=O)O. The topological polar surface area (TPSA) is 59.4 Å². The van der Waals surface area contributed by atoms with E-state index in [4.69, 9.17) is 9.84 Å². The van der Waals surface area contributed by atoms with Crippen molar-refractivity contribution in [3.63, 3.8) is 0 Å².